The van der Waals surface area contributed by atoms with Crippen LogP contribution in [0.4, 0.5) is 0 Å². The highest BCUT2D eigenvalue weighted by molar-refractivity contribution is 4.88. The summed E-state index contributed by atoms with van der Waals surface area (Å²) >= 11 is 0. The van der Waals surface area contributed by atoms with Crippen molar-refractivity contribution in [2.75, 3.05) is 19.6 Å². The molecule has 13 heavy (non-hydrogen) atoms. The van der Waals surface area contributed by atoms with Gasteiger partial charge in [-0.15, -0.1) is 0 Å². The summed E-state index contributed by atoms with van der Waals surface area (Å²) in [5.74, 6) is 0. The minimum atomic E-state index is 0.762. The van der Waals surface area contributed by atoms with Gasteiger partial charge in [0.05, 0.1) is 0 Å². The second-order valence-corrected chi connectivity index (χ2v) is 3.93. The molecular formula is C11H24N2. The summed E-state index contributed by atoms with van der Waals surface area (Å²) < 4.78 is 0. The Bertz CT molecular complexity index is 132. The standard InChI is InChI=1S/C11H24N2/c1-4-10(9-12-5-2)13(6-3)11-7-8-11/h10-12H,4-9H2,1-3H3. The molecule has 2 heteroatoms. The zero-order chi connectivity index (χ0) is 9.68. The summed E-state index contributed by atoms with van der Waals surface area (Å²) in [6.07, 6.45) is 4.13. The molecule has 0 saturated heterocycles. The van der Waals surface area contributed by atoms with Gasteiger partial charge in [0.2, 0.25) is 0 Å². The first-order valence-electron chi connectivity index (χ1n) is 5.79. The molecule has 1 rings (SSSR count). The van der Waals surface area contributed by atoms with Gasteiger partial charge in [-0.3, -0.25) is 4.90 Å². The summed E-state index contributed by atoms with van der Waals surface area (Å²) in [7, 11) is 0. The molecule has 0 aliphatic heterocycles. The van der Waals surface area contributed by atoms with Crippen LogP contribution in [0, 0.1) is 0 Å². The Morgan fingerprint density at radius 2 is 2.00 bits per heavy atom. The van der Waals surface area contributed by atoms with Crippen LogP contribution in [0.1, 0.15) is 40.0 Å². The second-order valence-electron chi connectivity index (χ2n) is 3.93. The molecular weight excluding hydrogens is 160 g/mol. The van der Waals surface area contributed by atoms with E-state index in [4.69, 9.17) is 0 Å². The van der Waals surface area contributed by atoms with E-state index in [1.165, 1.54) is 25.8 Å². The minimum Gasteiger partial charge on any atom is -0.315 e. The van der Waals surface area contributed by atoms with E-state index in [1.54, 1.807) is 0 Å². The lowest BCUT2D eigenvalue weighted by Gasteiger charge is -2.30. The number of nitrogens with one attached hydrogen (secondary N) is 1. The van der Waals surface area contributed by atoms with E-state index in [2.05, 4.69) is 31.0 Å². The second kappa shape index (κ2) is 5.61. The Morgan fingerprint density at radius 1 is 1.31 bits per heavy atom. The maximum absolute atomic E-state index is 3.46. The first-order valence-corrected chi connectivity index (χ1v) is 5.79. The fourth-order valence-electron chi connectivity index (χ4n) is 2.03. The molecule has 0 heterocycles. The Kier molecular flexibility index (Phi) is 4.74. The Balaban J connectivity index is 2.32. The SMILES string of the molecule is CCNCC(CC)N(CC)C1CC1. The molecule has 0 spiro atoms. The molecule has 1 unspecified atom stereocenters. The van der Waals surface area contributed by atoms with Gasteiger partial charge in [0, 0.05) is 18.6 Å². The van der Waals surface area contributed by atoms with Crippen molar-refractivity contribution < 1.29 is 0 Å². The monoisotopic (exact) mass is 184 g/mol. The summed E-state index contributed by atoms with van der Waals surface area (Å²) in [4.78, 5) is 2.67. The molecule has 78 valence electrons. The Labute approximate surface area is 82.7 Å². The third-order valence-electron chi connectivity index (χ3n) is 2.95. The Morgan fingerprint density at radius 3 is 2.38 bits per heavy atom. The van der Waals surface area contributed by atoms with Gasteiger partial charge in [0.1, 0.15) is 0 Å². The molecule has 1 saturated carbocycles. The molecule has 1 aliphatic rings. The van der Waals surface area contributed by atoms with Crippen LogP contribution in [-0.2, 0) is 0 Å². The van der Waals surface area contributed by atoms with Crippen LogP contribution in [0.3, 0.4) is 0 Å². The van der Waals surface area contributed by atoms with Crippen LogP contribution in [0.5, 0.6) is 0 Å². The number of hydrogen-bond donors (Lipinski definition) is 1. The fraction of sp³-hybridized carbons (Fsp3) is 1.00. The van der Waals surface area contributed by atoms with Crippen LogP contribution in [0.2, 0.25) is 0 Å². The quantitative estimate of drug-likeness (QED) is 0.649. The Hall–Kier alpha value is -0.0800. The topological polar surface area (TPSA) is 15.3 Å². The normalized spacial score (nSPS) is 19.4. The van der Waals surface area contributed by atoms with Crippen molar-refractivity contribution in [3.8, 4) is 0 Å². The van der Waals surface area contributed by atoms with Crippen molar-refractivity contribution in [1.29, 1.82) is 0 Å². The molecule has 1 N–H and O–H groups in total. The molecule has 1 aliphatic carbocycles. The van der Waals surface area contributed by atoms with E-state index in [0.29, 0.717) is 0 Å². The van der Waals surface area contributed by atoms with E-state index in [9.17, 15) is 0 Å². The van der Waals surface area contributed by atoms with Gasteiger partial charge in [-0.25, -0.2) is 0 Å². The average molecular weight is 184 g/mol. The lowest BCUT2D eigenvalue weighted by Crippen LogP contribution is -2.43. The fourth-order valence-corrected chi connectivity index (χ4v) is 2.03. The smallest absolute Gasteiger partial charge is 0.0220 e. The van der Waals surface area contributed by atoms with Crippen LogP contribution < -0.4 is 5.32 Å². The average Bonchev–Trinajstić information content (AvgIpc) is 2.95. The predicted molar refractivity (Wildman–Crippen MR) is 58.0 cm³/mol. The first kappa shape index (κ1) is 11.0. The van der Waals surface area contributed by atoms with Crippen molar-refractivity contribution in [2.24, 2.45) is 0 Å². The lowest BCUT2D eigenvalue weighted by molar-refractivity contribution is 0.187. The van der Waals surface area contributed by atoms with Gasteiger partial charge in [-0.2, -0.15) is 0 Å². The van der Waals surface area contributed by atoms with E-state index in [-0.39, 0.29) is 0 Å². The number of rotatable bonds is 7. The summed E-state index contributed by atoms with van der Waals surface area (Å²) in [6, 6.07) is 1.67. The third-order valence-corrected chi connectivity index (χ3v) is 2.95. The summed E-state index contributed by atoms with van der Waals surface area (Å²) in [6.45, 7) is 10.2. The van der Waals surface area contributed by atoms with Crippen molar-refractivity contribution in [2.45, 2.75) is 52.1 Å². The highest BCUT2D eigenvalue weighted by Crippen LogP contribution is 2.28. The summed E-state index contributed by atoms with van der Waals surface area (Å²) in [5, 5.41) is 3.46. The predicted octanol–water partition coefficient (Wildman–Crippen LogP) is 1.86. The first-order chi connectivity index (χ1) is 6.33. The van der Waals surface area contributed by atoms with E-state index >= 15 is 0 Å². The van der Waals surface area contributed by atoms with Gasteiger partial charge in [-0.05, 0) is 32.4 Å². The van der Waals surface area contributed by atoms with Crippen molar-refractivity contribution >= 4 is 0 Å². The van der Waals surface area contributed by atoms with E-state index in [0.717, 1.165) is 25.2 Å². The van der Waals surface area contributed by atoms with Gasteiger partial charge in [-0.1, -0.05) is 20.8 Å². The van der Waals surface area contributed by atoms with Crippen LogP contribution in [0.25, 0.3) is 0 Å². The molecule has 1 fully saturated rings. The van der Waals surface area contributed by atoms with Crippen LogP contribution >= 0.6 is 0 Å². The highest BCUT2D eigenvalue weighted by atomic mass is 15.2. The van der Waals surface area contributed by atoms with Gasteiger partial charge in [0.25, 0.3) is 0 Å². The molecule has 0 aromatic heterocycles. The lowest BCUT2D eigenvalue weighted by atomic mass is 10.2. The van der Waals surface area contributed by atoms with E-state index < -0.39 is 0 Å². The number of hydrogen-bond acceptors (Lipinski definition) is 2. The molecule has 0 aromatic rings. The molecule has 0 bridgehead atoms. The molecule has 1 atom stereocenters. The highest BCUT2D eigenvalue weighted by Gasteiger charge is 2.31. The van der Waals surface area contributed by atoms with Crippen molar-refractivity contribution in [1.82, 2.24) is 10.2 Å². The molecule has 0 radical (unpaired) electrons. The summed E-state index contributed by atoms with van der Waals surface area (Å²) in [5.41, 5.74) is 0. The van der Waals surface area contributed by atoms with E-state index in [1.807, 2.05) is 0 Å². The maximum atomic E-state index is 3.46. The molecule has 0 amide bonds. The third kappa shape index (κ3) is 3.28. The van der Waals surface area contributed by atoms with Crippen LogP contribution in [0.15, 0.2) is 0 Å². The zero-order valence-electron chi connectivity index (χ0n) is 9.34. The zero-order valence-corrected chi connectivity index (χ0v) is 9.34. The number of likely N-dealkylation sites (N-methyl/N-ethyl adjacent to an activating group) is 2. The minimum absolute atomic E-state index is 0.762. The molecule has 2 nitrogen and oxygen atoms in total. The molecule has 0 aromatic carbocycles. The van der Waals surface area contributed by atoms with Crippen molar-refractivity contribution in [3.05, 3.63) is 0 Å². The van der Waals surface area contributed by atoms with Crippen molar-refractivity contribution in [3.63, 3.8) is 0 Å². The van der Waals surface area contributed by atoms with Gasteiger partial charge in [0.15, 0.2) is 0 Å². The number of nitrogens with zero attached hydrogens (tertiary/aromatic N) is 1. The van der Waals surface area contributed by atoms with Gasteiger partial charge < -0.3 is 5.32 Å². The largest absolute Gasteiger partial charge is 0.315 e. The van der Waals surface area contributed by atoms with Gasteiger partial charge >= 0.3 is 0 Å². The maximum Gasteiger partial charge on any atom is 0.0220 e. The van der Waals surface area contributed by atoms with Crippen LogP contribution in [-0.4, -0.2) is 36.6 Å².